The van der Waals surface area contributed by atoms with Crippen LogP contribution in [0.2, 0.25) is 5.02 Å². The lowest BCUT2D eigenvalue weighted by molar-refractivity contribution is -0.123. The number of aryl methyl sites for hydroxylation is 1. The quantitative estimate of drug-likeness (QED) is 0.650. The van der Waals surface area contributed by atoms with Crippen LogP contribution in [0.15, 0.2) is 53.9 Å². The normalized spacial score (nSPS) is 10.5. The van der Waals surface area contributed by atoms with Crippen LogP contribution in [0, 0.1) is 6.92 Å². The number of halogens is 1. The molecule has 0 atom stereocenters. The number of hydrogen-bond donors (Lipinski definition) is 1. The summed E-state index contributed by atoms with van der Waals surface area (Å²) in [5, 5.41) is 6.55. The van der Waals surface area contributed by atoms with Crippen LogP contribution in [0.5, 0.6) is 5.75 Å². The van der Waals surface area contributed by atoms with Crippen molar-refractivity contribution in [3.63, 3.8) is 0 Å². The predicted octanol–water partition coefficient (Wildman–Crippen LogP) is 4.51. The van der Waals surface area contributed by atoms with E-state index in [1.807, 2.05) is 48.7 Å². The molecule has 0 aliphatic heterocycles. The molecular weight excluding hydrogens is 368 g/mol. The van der Waals surface area contributed by atoms with Crippen LogP contribution < -0.4 is 10.1 Å². The number of carbonyl (C=O) groups excluding carboxylic acids is 1. The fourth-order valence-electron chi connectivity index (χ4n) is 2.37. The summed E-state index contributed by atoms with van der Waals surface area (Å²) in [6, 6.07) is 15.4. The highest BCUT2D eigenvalue weighted by Gasteiger charge is 2.07. The summed E-state index contributed by atoms with van der Waals surface area (Å²) in [7, 11) is 0. The molecule has 134 valence electrons. The van der Waals surface area contributed by atoms with Crippen molar-refractivity contribution >= 4 is 28.8 Å². The lowest BCUT2D eigenvalue weighted by Gasteiger charge is -2.08. The molecule has 0 saturated carbocycles. The summed E-state index contributed by atoms with van der Waals surface area (Å²) in [5.41, 5.74) is 3.00. The van der Waals surface area contributed by atoms with E-state index in [9.17, 15) is 4.79 Å². The number of carbonyl (C=O) groups is 1. The fourth-order valence-corrected chi connectivity index (χ4v) is 3.35. The second-order valence-electron chi connectivity index (χ2n) is 5.81. The Kier molecular flexibility index (Phi) is 6.26. The van der Waals surface area contributed by atoms with Crippen LogP contribution in [0.3, 0.4) is 0 Å². The van der Waals surface area contributed by atoms with Crippen molar-refractivity contribution in [3.05, 3.63) is 70.2 Å². The minimum atomic E-state index is -0.156. The highest BCUT2D eigenvalue weighted by molar-refractivity contribution is 7.13. The zero-order chi connectivity index (χ0) is 18.4. The number of nitrogens with zero attached hydrogens (tertiary/aromatic N) is 1. The molecule has 1 amide bonds. The van der Waals surface area contributed by atoms with Gasteiger partial charge < -0.3 is 10.1 Å². The molecule has 6 heteroatoms. The van der Waals surface area contributed by atoms with E-state index in [1.54, 1.807) is 23.5 Å². The molecule has 0 fully saturated rings. The predicted molar refractivity (Wildman–Crippen MR) is 106 cm³/mol. The second-order valence-corrected chi connectivity index (χ2v) is 7.07. The topological polar surface area (TPSA) is 51.2 Å². The van der Waals surface area contributed by atoms with Gasteiger partial charge in [-0.3, -0.25) is 4.79 Å². The molecule has 0 aliphatic carbocycles. The zero-order valence-electron chi connectivity index (χ0n) is 14.4. The van der Waals surface area contributed by atoms with Crippen molar-refractivity contribution < 1.29 is 9.53 Å². The molecule has 0 unspecified atom stereocenters. The Morgan fingerprint density at radius 2 is 2.04 bits per heavy atom. The number of hydrogen-bond acceptors (Lipinski definition) is 4. The molecule has 1 N–H and O–H groups in total. The number of amides is 1. The van der Waals surface area contributed by atoms with Crippen molar-refractivity contribution in [2.24, 2.45) is 0 Å². The van der Waals surface area contributed by atoms with Gasteiger partial charge in [0.15, 0.2) is 6.61 Å². The van der Waals surface area contributed by atoms with Crippen LogP contribution in [-0.2, 0) is 11.2 Å². The first-order valence-corrected chi connectivity index (χ1v) is 9.53. The maximum Gasteiger partial charge on any atom is 0.257 e. The largest absolute Gasteiger partial charge is 0.484 e. The second kappa shape index (κ2) is 8.83. The van der Waals surface area contributed by atoms with Crippen LogP contribution in [0.4, 0.5) is 0 Å². The lowest BCUT2D eigenvalue weighted by Crippen LogP contribution is -2.30. The molecular formula is C20H19ClN2O2S. The molecule has 1 aromatic heterocycles. The van der Waals surface area contributed by atoms with Crippen molar-refractivity contribution in [2.45, 2.75) is 13.3 Å². The Balaban J connectivity index is 1.42. The van der Waals surface area contributed by atoms with Gasteiger partial charge in [0.2, 0.25) is 0 Å². The number of nitrogens with one attached hydrogen (secondary N) is 1. The van der Waals surface area contributed by atoms with Crippen molar-refractivity contribution in [2.75, 3.05) is 13.2 Å². The molecule has 2 aromatic carbocycles. The van der Waals surface area contributed by atoms with E-state index in [4.69, 9.17) is 16.3 Å². The molecule has 3 aromatic rings. The molecule has 0 spiro atoms. The Bertz CT molecular complexity index is 881. The van der Waals surface area contributed by atoms with E-state index in [2.05, 4.69) is 10.3 Å². The van der Waals surface area contributed by atoms with Gasteiger partial charge in [-0.25, -0.2) is 4.98 Å². The molecule has 1 heterocycles. The highest BCUT2D eigenvalue weighted by atomic mass is 35.5. The smallest absolute Gasteiger partial charge is 0.257 e. The van der Waals surface area contributed by atoms with Gasteiger partial charge in [-0.15, -0.1) is 11.3 Å². The Hall–Kier alpha value is -2.37. The number of thiazole rings is 1. The van der Waals surface area contributed by atoms with E-state index in [1.165, 1.54) is 0 Å². The lowest BCUT2D eigenvalue weighted by atomic mass is 10.2. The summed E-state index contributed by atoms with van der Waals surface area (Å²) >= 11 is 7.58. The van der Waals surface area contributed by atoms with Gasteiger partial charge in [-0.05, 0) is 30.7 Å². The Morgan fingerprint density at radius 1 is 1.23 bits per heavy atom. The van der Waals surface area contributed by atoms with E-state index in [0.717, 1.165) is 21.8 Å². The van der Waals surface area contributed by atoms with Crippen LogP contribution in [0.25, 0.3) is 10.6 Å². The minimum absolute atomic E-state index is 0.0204. The standard InChI is InChI=1S/C20H19ClN2O2S/c1-14-11-17(7-8-18(14)21)25-12-19(24)22-10-9-16-13-26-20(23-16)15-5-3-2-4-6-15/h2-8,11,13H,9-10,12H2,1H3,(H,22,24). The van der Waals surface area contributed by atoms with Crippen molar-refractivity contribution in [1.29, 1.82) is 0 Å². The monoisotopic (exact) mass is 386 g/mol. The maximum atomic E-state index is 11.9. The molecule has 0 aliphatic rings. The zero-order valence-corrected chi connectivity index (χ0v) is 15.9. The van der Waals surface area contributed by atoms with E-state index >= 15 is 0 Å². The van der Waals surface area contributed by atoms with E-state index in [0.29, 0.717) is 23.7 Å². The molecule has 4 nitrogen and oxygen atoms in total. The summed E-state index contributed by atoms with van der Waals surface area (Å²) < 4.78 is 5.48. The van der Waals surface area contributed by atoms with Gasteiger partial charge in [-0.1, -0.05) is 41.9 Å². The highest BCUT2D eigenvalue weighted by Crippen LogP contribution is 2.23. The first kappa shape index (κ1) is 18.4. The summed E-state index contributed by atoms with van der Waals surface area (Å²) in [5.74, 6) is 0.477. The summed E-state index contributed by atoms with van der Waals surface area (Å²) in [6.45, 7) is 2.40. The number of aromatic nitrogens is 1. The third kappa shape index (κ3) is 5.07. The van der Waals surface area contributed by atoms with E-state index in [-0.39, 0.29) is 12.5 Å². The maximum absolute atomic E-state index is 11.9. The molecule has 0 bridgehead atoms. The fraction of sp³-hybridized carbons (Fsp3) is 0.200. The van der Waals surface area contributed by atoms with Gasteiger partial charge in [0.1, 0.15) is 10.8 Å². The van der Waals surface area contributed by atoms with Crippen molar-refractivity contribution in [1.82, 2.24) is 10.3 Å². The average Bonchev–Trinajstić information content (AvgIpc) is 3.12. The Labute approximate surface area is 161 Å². The number of rotatable bonds is 7. The number of benzene rings is 2. The van der Waals surface area contributed by atoms with Gasteiger partial charge in [-0.2, -0.15) is 0 Å². The van der Waals surface area contributed by atoms with Crippen molar-refractivity contribution in [3.8, 4) is 16.3 Å². The Morgan fingerprint density at radius 3 is 2.81 bits per heavy atom. The molecule has 26 heavy (non-hydrogen) atoms. The van der Waals surface area contributed by atoms with Gasteiger partial charge >= 0.3 is 0 Å². The SMILES string of the molecule is Cc1cc(OCC(=O)NCCc2csc(-c3ccccc3)n2)ccc1Cl. The van der Waals surface area contributed by atoms with Gasteiger partial charge in [0, 0.05) is 28.9 Å². The number of ether oxygens (including phenoxy) is 1. The minimum Gasteiger partial charge on any atom is -0.484 e. The van der Waals surface area contributed by atoms with Crippen LogP contribution >= 0.6 is 22.9 Å². The van der Waals surface area contributed by atoms with Gasteiger partial charge in [0.25, 0.3) is 5.91 Å². The van der Waals surface area contributed by atoms with Crippen LogP contribution in [-0.4, -0.2) is 24.0 Å². The first-order valence-electron chi connectivity index (χ1n) is 8.27. The average molecular weight is 387 g/mol. The molecule has 0 radical (unpaired) electrons. The summed E-state index contributed by atoms with van der Waals surface area (Å²) in [4.78, 5) is 16.5. The summed E-state index contributed by atoms with van der Waals surface area (Å²) in [6.07, 6.45) is 0.690. The third-order valence-electron chi connectivity index (χ3n) is 3.78. The first-order chi connectivity index (χ1) is 12.6. The molecule has 3 rings (SSSR count). The van der Waals surface area contributed by atoms with Gasteiger partial charge in [0.05, 0.1) is 5.69 Å². The van der Waals surface area contributed by atoms with Crippen LogP contribution in [0.1, 0.15) is 11.3 Å². The third-order valence-corrected chi connectivity index (χ3v) is 5.14. The molecule has 0 saturated heterocycles. The van der Waals surface area contributed by atoms with E-state index < -0.39 is 0 Å².